The van der Waals surface area contributed by atoms with Crippen molar-refractivity contribution >= 4 is 24.7 Å². The summed E-state index contributed by atoms with van der Waals surface area (Å²) in [6, 6.07) is 17.3. The summed E-state index contributed by atoms with van der Waals surface area (Å²) in [4.78, 5) is 0. The van der Waals surface area contributed by atoms with Crippen LogP contribution < -0.4 is 0 Å². The van der Waals surface area contributed by atoms with E-state index in [2.05, 4.69) is 0 Å². The molecule has 0 aromatic heterocycles. The Kier molecular flexibility index (Phi) is 3.10. The van der Waals surface area contributed by atoms with Crippen molar-refractivity contribution in [2.24, 2.45) is 0 Å². The molecule has 1 aliphatic heterocycles. The molecule has 0 saturated heterocycles. The van der Waals surface area contributed by atoms with Crippen LogP contribution in [0.4, 0.5) is 14.3 Å². The van der Waals surface area contributed by atoms with Crippen molar-refractivity contribution < 1.29 is 17.8 Å². The number of hydrogen-bond donors (Lipinski definition) is 0. The second-order valence-electron chi connectivity index (χ2n) is 4.47. The largest absolute Gasteiger partial charge is 0.834 e. The lowest BCUT2D eigenvalue weighted by molar-refractivity contribution is -0.345. The summed E-state index contributed by atoms with van der Waals surface area (Å²) in [6.07, 6.45) is 2.92. The molecule has 0 atom stereocenters. The molecule has 0 unspecified atom stereocenters. The van der Waals surface area contributed by atoms with E-state index in [1.807, 2.05) is 6.07 Å². The highest BCUT2D eigenvalue weighted by atomic mass is 19.3. The van der Waals surface area contributed by atoms with Crippen molar-refractivity contribution in [3.8, 4) is 0 Å². The van der Waals surface area contributed by atoms with Crippen molar-refractivity contribution in [2.75, 3.05) is 0 Å². The van der Waals surface area contributed by atoms with Gasteiger partial charge in [0.1, 0.15) is 6.21 Å². The van der Waals surface area contributed by atoms with Crippen LogP contribution in [0.25, 0.3) is 5.76 Å². The van der Waals surface area contributed by atoms with Gasteiger partial charge >= 0.3 is 7.04 Å². The van der Waals surface area contributed by atoms with Crippen LogP contribution in [-0.2, 0) is 4.65 Å². The number of rotatable bonds is 2. The monoisotopic (exact) mass is 271 g/mol. The Balaban J connectivity index is 2.01. The Morgan fingerprint density at radius 1 is 0.850 bits per heavy atom. The average molecular weight is 271 g/mol. The van der Waals surface area contributed by atoms with Crippen molar-refractivity contribution in [3.05, 3.63) is 72.3 Å². The summed E-state index contributed by atoms with van der Waals surface area (Å²) in [5, 5.41) is 0. The van der Waals surface area contributed by atoms with Gasteiger partial charge in [-0.25, -0.2) is 0 Å². The molecule has 0 saturated carbocycles. The molecule has 0 amide bonds. The van der Waals surface area contributed by atoms with Gasteiger partial charge in [-0.15, -0.1) is 0 Å². The zero-order valence-corrected chi connectivity index (χ0v) is 10.6. The van der Waals surface area contributed by atoms with Crippen molar-refractivity contribution in [3.63, 3.8) is 0 Å². The minimum atomic E-state index is -4.13. The third-order valence-corrected chi connectivity index (χ3v) is 3.09. The number of allylic oxidation sites excluding steroid dienone is 1. The minimum Gasteiger partial charge on any atom is -0.599 e. The van der Waals surface area contributed by atoms with Crippen LogP contribution in [0.2, 0.25) is 0 Å². The zero-order chi connectivity index (χ0) is 14.0. The van der Waals surface area contributed by atoms with Gasteiger partial charge in [-0.2, -0.15) is 0 Å². The number of halogens is 2. The van der Waals surface area contributed by atoms with Gasteiger partial charge in [0.15, 0.2) is 5.69 Å². The lowest BCUT2D eigenvalue weighted by Crippen LogP contribution is -2.42. The summed E-state index contributed by atoms with van der Waals surface area (Å²) in [5.41, 5.74) is 1.04. The Morgan fingerprint density at radius 2 is 1.45 bits per heavy atom. The van der Waals surface area contributed by atoms with Crippen molar-refractivity contribution in [1.82, 2.24) is 0 Å². The van der Waals surface area contributed by atoms with Gasteiger partial charge in [-0.05, 0) is 0 Å². The van der Waals surface area contributed by atoms with Crippen molar-refractivity contribution in [1.29, 1.82) is 0 Å². The Hall–Kier alpha value is -2.43. The van der Waals surface area contributed by atoms with Crippen LogP contribution in [0, 0.1) is 0 Å². The van der Waals surface area contributed by atoms with Crippen LogP contribution in [-0.4, -0.2) is 17.7 Å². The first-order valence-electron chi connectivity index (χ1n) is 6.31. The highest BCUT2D eigenvalue weighted by molar-refractivity contribution is 6.53. The minimum absolute atomic E-state index is 0.183. The number of hydrogen-bond acceptors (Lipinski definition) is 1. The summed E-state index contributed by atoms with van der Waals surface area (Å²) < 4.78 is 34.1. The molecule has 0 spiro atoms. The standard InChI is InChI=1S/C15H12BF2NO/c17-16(18)19(14-9-5-2-6-10-14)12-11-15(20-16)13-7-3-1-4-8-13/h1-12H. The molecule has 3 rings (SSSR count). The van der Waals surface area contributed by atoms with Crippen LogP contribution in [0.1, 0.15) is 5.56 Å². The molecule has 2 aromatic carbocycles. The van der Waals surface area contributed by atoms with E-state index in [0.29, 0.717) is 11.3 Å². The molecule has 1 aliphatic rings. The van der Waals surface area contributed by atoms with Crippen LogP contribution in [0.3, 0.4) is 0 Å². The normalized spacial score (nSPS) is 16.9. The van der Waals surface area contributed by atoms with E-state index in [4.69, 9.17) is 4.65 Å². The highest BCUT2D eigenvalue weighted by Crippen LogP contribution is 2.30. The molecule has 1 heterocycles. The average Bonchev–Trinajstić information content (AvgIpc) is 2.48. The van der Waals surface area contributed by atoms with Crippen molar-refractivity contribution in [2.45, 2.75) is 0 Å². The van der Waals surface area contributed by atoms with Gasteiger partial charge in [0.2, 0.25) is 0 Å². The number of nitrogens with zero attached hydrogens (tertiary/aromatic N) is 1. The topological polar surface area (TPSA) is 12.2 Å². The van der Waals surface area contributed by atoms with E-state index in [0.717, 1.165) is 4.49 Å². The van der Waals surface area contributed by atoms with E-state index in [1.165, 1.54) is 6.21 Å². The molecule has 5 heteroatoms. The maximum Gasteiger partial charge on any atom is 0.834 e. The molecule has 0 aliphatic carbocycles. The van der Waals surface area contributed by atoms with Crippen LogP contribution in [0.15, 0.2) is 66.7 Å². The fourth-order valence-electron chi connectivity index (χ4n) is 2.12. The first-order chi connectivity index (χ1) is 9.67. The SMILES string of the molecule is F[B-]1(F)OC(c2ccccc2)=CC=[N+]1c1ccccc1. The third kappa shape index (κ3) is 2.34. The van der Waals surface area contributed by atoms with Gasteiger partial charge in [-0.1, -0.05) is 48.5 Å². The van der Waals surface area contributed by atoms with E-state index in [1.54, 1.807) is 60.7 Å². The van der Waals surface area contributed by atoms with E-state index in [9.17, 15) is 8.63 Å². The lowest BCUT2D eigenvalue weighted by Gasteiger charge is -2.27. The summed E-state index contributed by atoms with van der Waals surface area (Å²) >= 11 is 0. The molecular weight excluding hydrogens is 259 g/mol. The van der Waals surface area contributed by atoms with Crippen LogP contribution in [0.5, 0.6) is 0 Å². The molecule has 0 fully saturated rings. The Morgan fingerprint density at radius 3 is 2.05 bits per heavy atom. The predicted molar refractivity (Wildman–Crippen MR) is 75.9 cm³/mol. The van der Waals surface area contributed by atoms with E-state index >= 15 is 0 Å². The predicted octanol–water partition coefficient (Wildman–Crippen LogP) is 3.85. The molecular formula is C15H12BF2NO. The Labute approximate surface area is 115 Å². The maximum absolute atomic E-state index is 14.2. The van der Waals surface area contributed by atoms with Crippen LogP contribution >= 0.6 is 0 Å². The van der Waals surface area contributed by atoms with Gasteiger partial charge in [0.25, 0.3) is 0 Å². The molecule has 20 heavy (non-hydrogen) atoms. The van der Waals surface area contributed by atoms with E-state index < -0.39 is 7.04 Å². The molecule has 100 valence electrons. The molecule has 0 N–H and O–H groups in total. The summed E-state index contributed by atoms with van der Waals surface area (Å²) in [6.45, 7) is 0. The highest BCUT2D eigenvalue weighted by Gasteiger charge is 2.49. The van der Waals surface area contributed by atoms with Gasteiger partial charge in [-0.3, -0.25) is 0 Å². The molecule has 0 radical (unpaired) electrons. The summed E-state index contributed by atoms with van der Waals surface area (Å²) in [5.74, 6) is 0.183. The second-order valence-corrected chi connectivity index (χ2v) is 4.47. The van der Waals surface area contributed by atoms with Gasteiger partial charge < -0.3 is 17.8 Å². The fourth-order valence-corrected chi connectivity index (χ4v) is 2.12. The lowest BCUT2D eigenvalue weighted by atomic mass is 9.99. The van der Waals surface area contributed by atoms with E-state index in [-0.39, 0.29) is 5.76 Å². The van der Waals surface area contributed by atoms with Gasteiger partial charge in [0, 0.05) is 23.8 Å². The number of para-hydroxylation sites is 1. The zero-order valence-electron chi connectivity index (χ0n) is 10.6. The molecule has 2 aromatic rings. The molecule has 0 bridgehead atoms. The quantitative estimate of drug-likeness (QED) is 0.756. The maximum atomic E-state index is 14.2. The fraction of sp³-hybridized carbons (Fsp3) is 0. The number of benzene rings is 2. The molecule has 2 nitrogen and oxygen atoms in total. The smallest absolute Gasteiger partial charge is 0.599 e. The first-order valence-corrected chi connectivity index (χ1v) is 6.31. The first kappa shape index (κ1) is 12.6. The van der Waals surface area contributed by atoms with Gasteiger partial charge in [0.05, 0.1) is 5.76 Å². The summed E-state index contributed by atoms with van der Waals surface area (Å²) in [7, 11) is -4.13. The third-order valence-electron chi connectivity index (χ3n) is 3.09. The second kappa shape index (κ2) is 4.92. The Bertz CT molecular complexity index is 669.